The summed E-state index contributed by atoms with van der Waals surface area (Å²) in [6, 6.07) is 18.0. The second-order valence-corrected chi connectivity index (χ2v) is 17.3. The SMILES string of the molecule is CCCOc1c2cc(CCCN=[N+]=[N-])cc1Cc1cc(CCCN=[N+]=[N-])cc(c1OCCC)Cc1cc(CCCN=[N+]=[N-])cc(c1OCCC)Cc1cc(CCCN=[N+]=[N-])cc(c1OCCC)C2. The van der Waals surface area contributed by atoms with Gasteiger partial charge >= 0.3 is 0 Å². The quantitative estimate of drug-likeness (QED) is 0.0206. The molecule has 1 aliphatic rings. The van der Waals surface area contributed by atoms with Gasteiger partial charge in [-0.05, 0) is 166 Å². The monoisotopic (exact) mass is 925 g/mol. The summed E-state index contributed by atoms with van der Waals surface area (Å²) in [7, 11) is 0. The van der Waals surface area contributed by atoms with E-state index in [1.54, 1.807) is 0 Å². The molecule has 360 valence electrons. The smallest absolute Gasteiger partial charge is 0.126 e. The van der Waals surface area contributed by atoms with Gasteiger partial charge in [0.05, 0.1) is 26.4 Å². The zero-order chi connectivity index (χ0) is 48.4. The van der Waals surface area contributed by atoms with Crippen LogP contribution in [0.3, 0.4) is 0 Å². The van der Waals surface area contributed by atoms with Crippen LogP contribution in [0.15, 0.2) is 69.0 Å². The highest BCUT2D eigenvalue weighted by atomic mass is 16.5. The summed E-state index contributed by atoms with van der Waals surface area (Å²) in [6.45, 7) is 12.2. The Balaban J connectivity index is 1.91. The third-order valence-electron chi connectivity index (χ3n) is 11.7. The molecule has 0 aliphatic heterocycles. The Morgan fingerprint density at radius 1 is 0.353 bits per heavy atom. The first-order valence-corrected chi connectivity index (χ1v) is 24.5. The van der Waals surface area contributed by atoms with E-state index >= 15 is 0 Å². The molecule has 0 fully saturated rings. The van der Waals surface area contributed by atoms with Crippen molar-refractivity contribution in [1.82, 2.24) is 0 Å². The average molecular weight is 925 g/mol. The van der Waals surface area contributed by atoms with E-state index in [1.807, 2.05) is 0 Å². The number of rotatable bonds is 28. The standard InChI is InChI=1S/C52H68N12O4/c1-5-21-65-49-41-25-37(13-9-17-57-61-53)26-42(49)34-44-28-39(15-11-19-59-63-55)30-46(51(44)67-23-7-3)36-48-32-40(16-12-20-60-64-56)31-47(52(48)68-24-8-4)35-45-29-38(14-10-18-58-62-54)27-43(33-41)50(45)66-22-6-2/h25-32H,5-24,33-36H2,1-4H3. The van der Waals surface area contributed by atoms with Crippen LogP contribution in [0.2, 0.25) is 0 Å². The minimum atomic E-state index is 0.390. The normalized spacial score (nSPS) is 11.6. The van der Waals surface area contributed by atoms with Gasteiger partial charge in [-0.3, -0.25) is 0 Å². The van der Waals surface area contributed by atoms with Crippen LogP contribution >= 0.6 is 0 Å². The number of fused-ring (bicyclic) bond motifs is 8. The minimum absolute atomic E-state index is 0.390. The zero-order valence-corrected chi connectivity index (χ0v) is 40.6. The first kappa shape index (κ1) is 52.3. The molecular weight excluding hydrogens is 857 g/mol. The van der Waals surface area contributed by atoms with Gasteiger partial charge in [0.15, 0.2) is 0 Å². The average Bonchev–Trinajstić information content (AvgIpc) is 3.33. The molecule has 0 saturated carbocycles. The number of nitrogens with zero attached hydrogens (tertiary/aromatic N) is 12. The largest absolute Gasteiger partial charge is 0.493 e. The number of benzene rings is 4. The highest BCUT2D eigenvalue weighted by Crippen LogP contribution is 2.41. The molecule has 0 N–H and O–H groups in total. The van der Waals surface area contributed by atoms with Crippen molar-refractivity contribution in [2.24, 2.45) is 20.5 Å². The van der Waals surface area contributed by atoms with Crippen molar-refractivity contribution in [2.75, 3.05) is 52.6 Å². The fourth-order valence-electron chi connectivity index (χ4n) is 8.91. The summed E-state index contributed by atoms with van der Waals surface area (Å²) in [5, 5.41) is 15.4. The molecule has 0 heterocycles. The third kappa shape index (κ3) is 15.7. The Hall–Kier alpha value is -6.68. The van der Waals surface area contributed by atoms with Crippen LogP contribution in [0.5, 0.6) is 23.0 Å². The van der Waals surface area contributed by atoms with Crippen LogP contribution in [0, 0.1) is 0 Å². The summed E-state index contributed by atoms with van der Waals surface area (Å²) < 4.78 is 27.4. The molecule has 0 unspecified atom stereocenters. The first-order chi connectivity index (χ1) is 33.4. The summed E-state index contributed by atoms with van der Waals surface area (Å²) in [4.78, 5) is 12.1. The second kappa shape index (κ2) is 29.2. The molecule has 0 atom stereocenters. The van der Waals surface area contributed by atoms with Gasteiger partial charge in [-0.1, -0.05) is 96.7 Å². The highest BCUT2D eigenvalue weighted by molar-refractivity contribution is 5.59. The number of ether oxygens (including phenoxy) is 4. The zero-order valence-electron chi connectivity index (χ0n) is 40.6. The van der Waals surface area contributed by atoms with Crippen molar-refractivity contribution in [3.05, 3.63) is 157 Å². The molecule has 0 aromatic heterocycles. The Morgan fingerprint density at radius 2 is 0.544 bits per heavy atom. The van der Waals surface area contributed by atoms with Gasteiger partial charge < -0.3 is 18.9 Å². The molecule has 0 radical (unpaired) electrons. The van der Waals surface area contributed by atoms with Crippen molar-refractivity contribution >= 4 is 0 Å². The predicted molar refractivity (Wildman–Crippen MR) is 269 cm³/mol. The lowest BCUT2D eigenvalue weighted by Gasteiger charge is -2.25. The van der Waals surface area contributed by atoms with Crippen LogP contribution in [0.1, 0.15) is 146 Å². The molecule has 4 aromatic carbocycles. The molecule has 0 saturated heterocycles. The summed E-state index contributed by atoms with van der Waals surface area (Å²) in [5.74, 6) is 3.38. The molecule has 16 heteroatoms. The van der Waals surface area contributed by atoms with Gasteiger partial charge in [0.25, 0.3) is 0 Å². The molecule has 4 aromatic rings. The van der Waals surface area contributed by atoms with Gasteiger partial charge in [-0.25, -0.2) is 0 Å². The van der Waals surface area contributed by atoms with Crippen LogP contribution in [-0.2, 0) is 51.4 Å². The summed E-state index contributed by atoms with van der Waals surface area (Å²) >= 11 is 0. The van der Waals surface area contributed by atoms with Gasteiger partial charge in [0.2, 0.25) is 0 Å². The molecular formula is C52H68N12O4. The van der Waals surface area contributed by atoms with E-state index in [4.69, 9.17) is 41.1 Å². The molecule has 1 aliphatic carbocycles. The van der Waals surface area contributed by atoms with E-state index in [9.17, 15) is 0 Å². The molecule has 8 bridgehead atoms. The van der Waals surface area contributed by atoms with Crippen molar-refractivity contribution in [2.45, 2.75) is 130 Å². The number of hydrogen-bond acceptors (Lipinski definition) is 8. The van der Waals surface area contributed by atoms with E-state index in [0.29, 0.717) is 130 Å². The van der Waals surface area contributed by atoms with Gasteiger partial charge in [0.1, 0.15) is 23.0 Å². The van der Waals surface area contributed by atoms with Crippen LogP contribution < -0.4 is 18.9 Å². The lowest BCUT2D eigenvalue weighted by Crippen LogP contribution is -2.12. The van der Waals surface area contributed by atoms with Gasteiger partial charge in [0, 0.05) is 71.5 Å². The molecule has 0 spiro atoms. The Labute approximate surface area is 401 Å². The Kier molecular flexibility index (Phi) is 22.4. The summed E-state index contributed by atoms with van der Waals surface area (Å²) in [6.07, 6.45) is 11.0. The highest BCUT2D eigenvalue weighted by Gasteiger charge is 2.25. The lowest BCUT2D eigenvalue weighted by atomic mass is 9.87. The van der Waals surface area contributed by atoms with E-state index in [2.05, 4.69) is 116 Å². The van der Waals surface area contributed by atoms with E-state index < -0.39 is 0 Å². The fourth-order valence-corrected chi connectivity index (χ4v) is 8.91. The van der Waals surface area contributed by atoms with Crippen molar-refractivity contribution in [1.29, 1.82) is 0 Å². The molecule has 16 nitrogen and oxygen atoms in total. The second-order valence-electron chi connectivity index (χ2n) is 17.3. The Morgan fingerprint density at radius 3 is 0.706 bits per heavy atom. The van der Waals surface area contributed by atoms with Crippen LogP contribution in [0.25, 0.3) is 41.8 Å². The van der Waals surface area contributed by atoms with Crippen LogP contribution in [-0.4, -0.2) is 52.6 Å². The van der Waals surface area contributed by atoms with E-state index in [0.717, 1.165) is 115 Å². The van der Waals surface area contributed by atoms with Gasteiger partial charge in [-0.2, -0.15) is 0 Å². The topological polar surface area (TPSA) is 232 Å². The number of aryl methyl sites for hydroxylation is 4. The minimum Gasteiger partial charge on any atom is -0.493 e. The van der Waals surface area contributed by atoms with Crippen molar-refractivity contribution in [3.63, 3.8) is 0 Å². The maximum absolute atomic E-state index is 9.10. The van der Waals surface area contributed by atoms with Crippen molar-refractivity contribution < 1.29 is 18.9 Å². The van der Waals surface area contributed by atoms with Crippen molar-refractivity contribution in [3.8, 4) is 23.0 Å². The van der Waals surface area contributed by atoms with Crippen LogP contribution in [0.4, 0.5) is 0 Å². The number of hydrogen-bond donors (Lipinski definition) is 0. The third-order valence-corrected chi connectivity index (χ3v) is 11.7. The lowest BCUT2D eigenvalue weighted by molar-refractivity contribution is 0.304. The Bertz CT molecular complexity index is 2050. The van der Waals surface area contributed by atoms with E-state index in [1.165, 1.54) is 0 Å². The molecule has 0 amide bonds. The first-order valence-electron chi connectivity index (χ1n) is 24.5. The summed E-state index contributed by atoms with van der Waals surface area (Å²) in [5.41, 5.74) is 49.2. The predicted octanol–water partition coefficient (Wildman–Crippen LogP) is 14.5. The maximum atomic E-state index is 9.10. The fraction of sp³-hybridized carbons (Fsp3) is 0.538. The van der Waals surface area contributed by atoms with E-state index in [-0.39, 0.29) is 0 Å². The van der Waals surface area contributed by atoms with Gasteiger partial charge in [-0.15, -0.1) is 0 Å². The number of azide groups is 4. The molecule has 68 heavy (non-hydrogen) atoms. The molecule has 5 rings (SSSR count). The maximum Gasteiger partial charge on any atom is 0.126 e.